The van der Waals surface area contributed by atoms with E-state index in [0.29, 0.717) is 19.7 Å². The van der Waals surface area contributed by atoms with Crippen molar-refractivity contribution >= 4 is 23.2 Å². The molecular formula is C28H33FN2O3S. The van der Waals surface area contributed by atoms with E-state index in [1.54, 1.807) is 33.3 Å². The number of halogens is 1. The first-order valence-corrected chi connectivity index (χ1v) is 12.7. The average molecular weight is 497 g/mol. The molecule has 3 rings (SSSR count). The zero-order valence-corrected chi connectivity index (χ0v) is 21.4. The zero-order valence-electron chi connectivity index (χ0n) is 20.6. The van der Waals surface area contributed by atoms with Crippen molar-refractivity contribution in [1.29, 1.82) is 0 Å². The molecule has 1 atom stereocenters. The highest BCUT2D eigenvalue weighted by Crippen LogP contribution is 2.20. The van der Waals surface area contributed by atoms with Crippen LogP contribution in [0.25, 0.3) is 0 Å². The van der Waals surface area contributed by atoms with Gasteiger partial charge in [-0.05, 0) is 60.5 Å². The molecule has 186 valence electrons. The molecular weight excluding hydrogens is 463 g/mol. The minimum absolute atomic E-state index is 0.0336. The van der Waals surface area contributed by atoms with E-state index in [9.17, 15) is 14.0 Å². The van der Waals surface area contributed by atoms with E-state index in [-0.39, 0.29) is 36.8 Å². The lowest BCUT2D eigenvalue weighted by molar-refractivity contribution is -0.146. The maximum Gasteiger partial charge on any atom is 0.249 e. The van der Waals surface area contributed by atoms with E-state index >= 15 is 0 Å². The van der Waals surface area contributed by atoms with Crippen LogP contribution in [0.5, 0.6) is 0 Å². The normalized spacial score (nSPS) is 11.8. The third-order valence-corrected chi connectivity index (χ3v) is 7.04. The Balaban J connectivity index is 1.70. The lowest BCUT2D eigenvalue weighted by Gasteiger charge is -2.31. The molecule has 1 aromatic heterocycles. The Kier molecular flexibility index (Phi) is 9.99. The Morgan fingerprint density at radius 2 is 1.69 bits per heavy atom. The van der Waals surface area contributed by atoms with E-state index in [0.717, 1.165) is 28.0 Å². The minimum Gasteiger partial charge on any atom is -0.367 e. The molecule has 0 radical (unpaired) electrons. The summed E-state index contributed by atoms with van der Waals surface area (Å²) in [5.74, 6) is -0.679. The summed E-state index contributed by atoms with van der Waals surface area (Å²) in [5.41, 5.74) is 2.95. The fraction of sp³-hybridized carbons (Fsp3) is 0.357. The van der Waals surface area contributed by atoms with Crippen LogP contribution in [0.4, 0.5) is 4.39 Å². The second kappa shape index (κ2) is 13.2. The van der Waals surface area contributed by atoms with Crippen molar-refractivity contribution in [3.63, 3.8) is 0 Å². The van der Waals surface area contributed by atoms with Crippen molar-refractivity contribution < 1.29 is 18.7 Å². The zero-order chi connectivity index (χ0) is 25.2. The summed E-state index contributed by atoms with van der Waals surface area (Å²) in [7, 11) is 0. The van der Waals surface area contributed by atoms with E-state index < -0.39 is 0 Å². The predicted octanol–water partition coefficient (Wildman–Crippen LogP) is 5.57. The van der Waals surface area contributed by atoms with Crippen LogP contribution in [0.2, 0.25) is 0 Å². The van der Waals surface area contributed by atoms with Gasteiger partial charge in [0, 0.05) is 17.5 Å². The van der Waals surface area contributed by atoms with E-state index in [2.05, 4.69) is 0 Å². The van der Waals surface area contributed by atoms with Gasteiger partial charge in [-0.3, -0.25) is 9.59 Å². The molecule has 0 spiro atoms. The molecule has 0 saturated heterocycles. The highest BCUT2D eigenvalue weighted by Gasteiger charge is 2.25. The number of rotatable bonds is 12. The van der Waals surface area contributed by atoms with Crippen LogP contribution in [-0.4, -0.2) is 40.8 Å². The van der Waals surface area contributed by atoms with Crippen molar-refractivity contribution in [3.8, 4) is 0 Å². The molecule has 0 fully saturated rings. The summed E-state index contributed by atoms with van der Waals surface area (Å²) >= 11 is 1.60. The quantitative estimate of drug-likeness (QED) is 0.329. The lowest BCUT2D eigenvalue weighted by Crippen LogP contribution is -2.47. The number of carbonyl (C=O) groups is 2. The number of nitrogens with zero attached hydrogens (tertiary/aromatic N) is 2. The van der Waals surface area contributed by atoms with Gasteiger partial charge in [0.15, 0.2) is 0 Å². The molecule has 2 amide bonds. The molecule has 0 aliphatic carbocycles. The van der Waals surface area contributed by atoms with Gasteiger partial charge < -0.3 is 14.5 Å². The fourth-order valence-electron chi connectivity index (χ4n) is 3.65. The molecule has 5 nitrogen and oxygen atoms in total. The SMILES string of the molecule is CCC(C)N(CC(=O)N(Cc1ccc(F)cc1)Cc1sccc1C)C(=O)COCc1ccccc1. The van der Waals surface area contributed by atoms with E-state index in [1.165, 1.54) is 12.1 Å². The number of aryl methyl sites for hydroxylation is 1. The first-order valence-electron chi connectivity index (χ1n) is 11.8. The summed E-state index contributed by atoms with van der Waals surface area (Å²) in [6, 6.07) is 17.8. The number of amides is 2. The molecule has 0 aliphatic heterocycles. The van der Waals surface area contributed by atoms with Crippen molar-refractivity contribution in [2.75, 3.05) is 13.2 Å². The molecule has 7 heteroatoms. The smallest absolute Gasteiger partial charge is 0.249 e. The van der Waals surface area contributed by atoms with Gasteiger partial charge in [-0.15, -0.1) is 11.3 Å². The molecule has 0 saturated carbocycles. The van der Waals surface area contributed by atoms with Gasteiger partial charge in [-0.1, -0.05) is 49.4 Å². The molecule has 3 aromatic rings. The topological polar surface area (TPSA) is 49.9 Å². The Morgan fingerprint density at radius 1 is 0.971 bits per heavy atom. The third kappa shape index (κ3) is 8.01. The van der Waals surface area contributed by atoms with Gasteiger partial charge in [-0.2, -0.15) is 0 Å². The maximum absolute atomic E-state index is 13.5. The Hall–Kier alpha value is -3.03. The van der Waals surface area contributed by atoms with Crippen molar-refractivity contribution in [1.82, 2.24) is 9.80 Å². The number of carbonyl (C=O) groups excluding carboxylic acids is 2. The molecule has 0 N–H and O–H groups in total. The van der Waals surface area contributed by atoms with Gasteiger partial charge in [0.25, 0.3) is 0 Å². The standard InChI is InChI=1S/C28H33FN2O3S/c1-4-22(3)31(28(33)20-34-19-24-8-6-5-7-9-24)18-27(32)30(17-26-21(2)14-15-35-26)16-23-10-12-25(29)13-11-23/h5-15,22H,4,16-20H2,1-3H3. The van der Waals surface area contributed by atoms with Gasteiger partial charge in [0.1, 0.15) is 19.0 Å². The number of hydrogen-bond acceptors (Lipinski definition) is 4. The molecule has 1 heterocycles. The Bertz CT molecular complexity index is 1090. The van der Waals surface area contributed by atoms with Crippen LogP contribution in [0.3, 0.4) is 0 Å². The summed E-state index contributed by atoms with van der Waals surface area (Å²) in [5, 5.41) is 2.00. The predicted molar refractivity (Wildman–Crippen MR) is 137 cm³/mol. The van der Waals surface area contributed by atoms with Crippen molar-refractivity contribution in [2.24, 2.45) is 0 Å². The lowest BCUT2D eigenvalue weighted by atomic mass is 10.1. The summed E-state index contributed by atoms with van der Waals surface area (Å²) < 4.78 is 19.1. The van der Waals surface area contributed by atoms with Crippen LogP contribution in [0.15, 0.2) is 66.0 Å². The van der Waals surface area contributed by atoms with Crippen LogP contribution in [0.1, 0.15) is 41.8 Å². The average Bonchev–Trinajstić information content (AvgIpc) is 3.27. The largest absolute Gasteiger partial charge is 0.367 e. The first-order chi connectivity index (χ1) is 16.9. The van der Waals surface area contributed by atoms with Crippen molar-refractivity contribution in [3.05, 3.63) is 93.4 Å². The molecule has 2 aromatic carbocycles. The van der Waals surface area contributed by atoms with Gasteiger partial charge in [0.2, 0.25) is 11.8 Å². The summed E-state index contributed by atoms with van der Waals surface area (Å²) in [4.78, 5) is 31.0. The number of hydrogen-bond donors (Lipinski definition) is 0. The van der Waals surface area contributed by atoms with Crippen LogP contribution < -0.4 is 0 Å². The number of thiophene rings is 1. The minimum atomic E-state index is -0.315. The Morgan fingerprint density at radius 3 is 2.31 bits per heavy atom. The van der Waals surface area contributed by atoms with Gasteiger partial charge >= 0.3 is 0 Å². The van der Waals surface area contributed by atoms with E-state index in [4.69, 9.17) is 4.74 Å². The molecule has 0 bridgehead atoms. The molecule has 0 aliphatic rings. The monoisotopic (exact) mass is 496 g/mol. The fourth-order valence-corrected chi connectivity index (χ4v) is 4.57. The summed E-state index contributed by atoms with van der Waals surface area (Å²) in [6.07, 6.45) is 0.722. The van der Waals surface area contributed by atoms with Crippen LogP contribution in [-0.2, 0) is 34.0 Å². The highest BCUT2D eigenvalue weighted by atomic mass is 32.1. The van der Waals surface area contributed by atoms with Crippen molar-refractivity contribution in [2.45, 2.75) is 52.9 Å². The summed E-state index contributed by atoms with van der Waals surface area (Å²) in [6.45, 7) is 6.94. The number of ether oxygens (including phenoxy) is 1. The number of benzene rings is 2. The maximum atomic E-state index is 13.5. The van der Waals surface area contributed by atoms with Crippen LogP contribution in [0, 0.1) is 12.7 Å². The first kappa shape index (κ1) is 26.6. The molecule has 1 unspecified atom stereocenters. The van der Waals surface area contributed by atoms with E-state index in [1.807, 2.05) is 62.5 Å². The molecule has 35 heavy (non-hydrogen) atoms. The third-order valence-electron chi connectivity index (χ3n) is 6.03. The highest BCUT2D eigenvalue weighted by molar-refractivity contribution is 7.10. The Labute approximate surface area is 211 Å². The van der Waals surface area contributed by atoms with Gasteiger partial charge in [-0.25, -0.2) is 4.39 Å². The second-order valence-electron chi connectivity index (χ2n) is 8.66. The van der Waals surface area contributed by atoms with Gasteiger partial charge in [0.05, 0.1) is 13.2 Å². The second-order valence-corrected chi connectivity index (χ2v) is 9.66. The van der Waals surface area contributed by atoms with Crippen LogP contribution >= 0.6 is 11.3 Å².